The smallest absolute Gasteiger partial charge is 0.274 e. The van der Waals surface area contributed by atoms with Crippen molar-refractivity contribution in [3.8, 4) is 5.69 Å². The highest BCUT2D eigenvalue weighted by Gasteiger charge is 2.33. The summed E-state index contributed by atoms with van der Waals surface area (Å²) < 4.78 is 1.96. The van der Waals surface area contributed by atoms with Gasteiger partial charge in [-0.25, -0.2) is 4.68 Å². The lowest BCUT2D eigenvalue weighted by Gasteiger charge is -2.22. The number of aliphatic hydroxyl groups excluding tert-OH is 1. The van der Waals surface area contributed by atoms with Crippen molar-refractivity contribution in [2.75, 3.05) is 13.2 Å². The molecule has 1 aliphatic carbocycles. The third kappa shape index (κ3) is 2.86. The number of rotatable bonds is 3. The molecule has 132 valence electrons. The number of hydrogen-bond donors (Lipinski definition) is 1. The van der Waals surface area contributed by atoms with E-state index >= 15 is 0 Å². The van der Waals surface area contributed by atoms with Crippen LogP contribution in [0.4, 0.5) is 0 Å². The number of hydrogen-bond acceptors (Lipinski definition) is 3. The SMILES string of the molecule is Cc1ccc(-n2nc(C(=O)N3CCC[C@@H]3CO)c3c2CCCC3)cc1. The molecular weight excluding hydrogens is 314 g/mol. The summed E-state index contributed by atoms with van der Waals surface area (Å²) in [6.07, 6.45) is 5.96. The summed E-state index contributed by atoms with van der Waals surface area (Å²) >= 11 is 0. The first-order chi connectivity index (χ1) is 12.2. The Morgan fingerprint density at radius 2 is 1.96 bits per heavy atom. The van der Waals surface area contributed by atoms with Crippen molar-refractivity contribution in [3.63, 3.8) is 0 Å². The second kappa shape index (κ2) is 6.64. The molecule has 1 aromatic heterocycles. The van der Waals surface area contributed by atoms with Gasteiger partial charge in [0.25, 0.3) is 5.91 Å². The summed E-state index contributed by atoms with van der Waals surface area (Å²) in [4.78, 5) is 14.9. The average molecular weight is 339 g/mol. The predicted molar refractivity (Wildman–Crippen MR) is 96.1 cm³/mol. The molecule has 1 saturated heterocycles. The molecule has 5 heteroatoms. The number of amides is 1. The van der Waals surface area contributed by atoms with Crippen molar-refractivity contribution in [3.05, 3.63) is 46.8 Å². The molecule has 1 atom stereocenters. The van der Waals surface area contributed by atoms with Crippen LogP contribution < -0.4 is 0 Å². The van der Waals surface area contributed by atoms with Gasteiger partial charge >= 0.3 is 0 Å². The molecule has 1 amide bonds. The molecule has 0 radical (unpaired) electrons. The van der Waals surface area contributed by atoms with Crippen LogP contribution >= 0.6 is 0 Å². The van der Waals surface area contributed by atoms with E-state index in [4.69, 9.17) is 5.10 Å². The number of likely N-dealkylation sites (tertiary alicyclic amines) is 1. The summed E-state index contributed by atoms with van der Waals surface area (Å²) in [5, 5.41) is 14.3. The number of fused-ring (bicyclic) bond motifs is 1. The summed E-state index contributed by atoms with van der Waals surface area (Å²) in [6, 6.07) is 8.23. The van der Waals surface area contributed by atoms with E-state index in [1.165, 1.54) is 11.3 Å². The summed E-state index contributed by atoms with van der Waals surface area (Å²) in [5.74, 6) is -0.0134. The van der Waals surface area contributed by atoms with Crippen molar-refractivity contribution < 1.29 is 9.90 Å². The van der Waals surface area contributed by atoms with Gasteiger partial charge in [-0.1, -0.05) is 17.7 Å². The lowest BCUT2D eigenvalue weighted by atomic mass is 9.95. The summed E-state index contributed by atoms with van der Waals surface area (Å²) in [5.41, 5.74) is 5.11. The standard InChI is InChI=1S/C20H25N3O2/c1-14-8-10-15(11-9-14)23-18-7-3-2-6-17(18)19(21-23)20(25)22-12-4-5-16(22)13-24/h8-11,16,24H,2-7,12-13H2,1H3/t16-/m1/s1. The first-order valence-corrected chi connectivity index (χ1v) is 9.28. The number of aryl methyl sites for hydroxylation is 1. The van der Waals surface area contributed by atoms with Gasteiger partial charge in [-0.05, 0) is 57.6 Å². The third-order valence-electron chi connectivity index (χ3n) is 5.51. The van der Waals surface area contributed by atoms with Gasteiger partial charge < -0.3 is 10.0 Å². The molecule has 4 rings (SSSR count). The van der Waals surface area contributed by atoms with Gasteiger partial charge in [0.05, 0.1) is 18.3 Å². The first-order valence-electron chi connectivity index (χ1n) is 9.28. The van der Waals surface area contributed by atoms with Gasteiger partial charge in [0.1, 0.15) is 0 Å². The Labute approximate surface area is 148 Å². The maximum absolute atomic E-state index is 13.1. The van der Waals surface area contributed by atoms with E-state index < -0.39 is 0 Å². The van der Waals surface area contributed by atoms with E-state index in [1.807, 2.05) is 9.58 Å². The average Bonchev–Trinajstić information content (AvgIpc) is 3.26. The molecule has 0 bridgehead atoms. The number of aromatic nitrogens is 2. The van der Waals surface area contributed by atoms with Crippen LogP contribution in [0.5, 0.6) is 0 Å². The lowest BCUT2D eigenvalue weighted by molar-refractivity contribution is 0.0670. The topological polar surface area (TPSA) is 58.4 Å². The Morgan fingerprint density at radius 1 is 1.20 bits per heavy atom. The van der Waals surface area contributed by atoms with E-state index in [2.05, 4.69) is 31.2 Å². The predicted octanol–water partition coefficient (Wildman–Crippen LogP) is 2.66. The molecule has 1 N–H and O–H groups in total. The fraction of sp³-hybridized carbons (Fsp3) is 0.500. The van der Waals surface area contributed by atoms with Crippen molar-refractivity contribution in [2.24, 2.45) is 0 Å². The molecule has 1 aliphatic heterocycles. The zero-order valence-electron chi connectivity index (χ0n) is 14.7. The van der Waals surface area contributed by atoms with Crippen LogP contribution in [0.15, 0.2) is 24.3 Å². The van der Waals surface area contributed by atoms with Crippen molar-refractivity contribution in [1.29, 1.82) is 0 Å². The van der Waals surface area contributed by atoms with Crippen LogP contribution in [-0.4, -0.2) is 44.9 Å². The molecule has 25 heavy (non-hydrogen) atoms. The van der Waals surface area contributed by atoms with E-state index in [0.717, 1.165) is 56.3 Å². The van der Waals surface area contributed by atoms with Gasteiger partial charge in [0.15, 0.2) is 5.69 Å². The highest BCUT2D eigenvalue weighted by Crippen LogP contribution is 2.29. The molecule has 2 heterocycles. The molecular formula is C20H25N3O2. The first kappa shape index (κ1) is 16.3. The van der Waals surface area contributed by atoms with Gasteiger partial charge in [0, 0.05) is 17.8 Å². The number of aliphatic hydroxyl groups is 1. The van der Waals surface area contributed by atoms with Crippen LogP contribution in [0.2, 0.25) is 0 Å². The quantitative estimate of drug-likeness (QED) is 0.935. The van der Waals surface area contributed by atoms with Crippen molar-refractivity contribution in [2.45, 2.75) is 51.5 Å². The number of benzene rings is 1. The zero-order valence-corrected chi connectivity index (χ0v) is 14.7. The van der Waals surface area contributed by atoms with E-state index in [-0.39, 0.29) is 18.6 Å². The fourth-order valence-electron chi connectivity index (χ4n) is 4.10. The lowest BCUT2D eigenvalue weighted by Crippen LogP contribution is -2.38. The minimum Gasteiger partial charge on any atom is -0.394 e. The monoisotopic (exact) mass is 339 g/mol. The zero-order chi connectivity index (χ0) is 17.4. The molecule has 0 saturated carbocycles. The van der Waals surface area contributed by atoms with Gasteiger partial charge in [-0.15, -0.1) is 0 Å². The third-order valence-corrected chi connectivity index (χ3v) is 5.51. The second-order valence-electron chi connectivity index (χ2n) is 7.21. The van der Waals surface area contributed by atoms with E-state index in [9.17, 15) is 9.90 Å². The molecule has 0 spiro atoms. The minimum absolute atomic E-state index is 0.0134. The highest BCUT2D eigenvalue weighted by atomic mass is 16.3. The summed E-state index contributed by atoms with van der Waals surface area (Å²) in [6.45, 7) is 2.82. The molecule has 0 unspecified atom stereocenters. The molecule has 2 aliphatic rings. The van der Waals surface area contributed by atoms with Crippen molar-refractivity contribution >= 4 is 5.91 Å². The molecule has 1 fully saturated rings. The minimum atomic E-state index is -0.0590. The molecule has 2 aromatic rings. The highest BCUT2D eigenvalue weighted by molar-refractivity contribution is 5.94. The second-order valence-corrected chi connectivity index (χ2v) is 7.21. The van der Waals surface area contributed by atoms with Crippen molar-refractivity contribution in [1.82, 2.24) is 14.7 Å². The maximum atomic E-state index is 13.1. The number of nitrogens with zero attached hydrogens (tertiary/aromatic N) is 3. The van der Waals surface area contributed by atoms with Crippen LogP contribution in [0.25, 0.3) is 5.69 Å². The largest absolute Gasteiger partial charge is 0.394 e. The van der Waals surface area contributed by atoms with Gasteiger partial charge in [-0.3, -0.25) is 4.79 Å². The van der Waals surface area contributed by atoms with Crippen LogP contribution in [-0.2, 0) is 12.8 Å². The Morgan fingerprint density at radius 3 is 2.72 bits per heavy atom. The fourth-order valence-corrected chi connectivity index (χ4v) is 4.10. The number of carbonyl (C=O) groups is 1. The molecule has 5 nitrogen and oxygen atoms in total. The maximum Gasteiger partial charge on any atom is 0.274 e. The Hall–Kier alpha value is -2.14. The number of carbonyl (C=O) groups excluding carboxylic acids is 1. The normalized spacial score (nSPS) is 19.9. The van der Waals surface area contributed by atoms with E-state index in [0.29, 0.717) is 5.69 Å². The Kier molecular flexibility index (Phi) is 4.34. The van der Waals surface area contributed by atoms with Crippen LogP contribution in [0.1, 0.15) is 53.0 Å². The van der Waals surface area contributed by atoms with E-state index in [1.54, 1.807) is 0 Å². The Balaban J connectivity index is 1.75. The Bertz CT molecular complexity index is 779. The van der Waals surface area contributed by atoms with Crippen LogP contribution in [0, 0.1) is 6.92 Å². The van der Waals surface area contributed by atoms with Gasteiger partial charge in [0.2, 0.25) is 0 Å². The molecule has 1 aromatic carbocycles. The van der Waals surface area contributed by atoms with Crippen LogP contribution in [0.3, 0.4) is 0 Å². The van der Waals surface area contributed by atoms with Gasteiger partial charge in [-0.2, -0.15) is 5.10 Å². The summed E-state index contributed by atoms with van der Waals surface area (Å²) in [7, 11) is 0.